The smallest absolute Gasteiger partial charge is 0.251 e. The molecule has 1 saturated heterocycles. The predicted octanol–water partition coefficient (Wildman–Crippen LogP) is 0.578. The van der Waals surface area contributed by atoms with Gasteiger partial charge in [-0.3, -0.25) is 14.3 Å². The third kappa shape index (κ3) is 3.53. The first kappa shape index (κ1) is 17.9. The van der Waals surface area contributed by atoms with Crippen LogP contribution in [0.4, 0.5) is 0 Å². The summed E-state index contributed by atoms with van der Waals surface area (Å²) in [5.41, 5.74) is 1.14. The van der Waals surface area contributed by atoms with E-state index in [2.05, 4.69) is 15.0 Å². The molecule has 8 heteroatoms. The molecule has 3 atom stereocenters. The summed E-state index contributed by atoms with van der Waals surface area (Å²) in [4.78, 5) is 33.4. The molecule has 2 aliphatic rings. The Morgan fingerprint density at radius 1 is 1.30 bits per heavy atom. The molecular formula is C19H26N6O2. The van der Waals surface area contributed by atoms with Crippen LogP contribution in [0.25, 0.3) is 0 Å². The first-order valence-corrected chi connectivity index (χ1v) is 9.49. The lowest BCUT2D eigenvalue weighted by molar-refractivity contribution is -0.134. The summed E-state index contributed by atoms with van der Waals surface area (Å²) in [6.45, 7) is 2.74. The van der Waals surface area contributed by atoms with Gasteiger partial charge in [0.2, 0.25) is 5.91 Å². The van der Waals surface area contributed by atoms with E-state index in [1.165, 1.54) is 6.33 Å². The lowest BCUT2D eigenvalue weighted by Gasteiger charge is -2.47. The minimum absolute atomic E-state index is 0.0695. The number of likely N-dealkylation sites (N-methyl/N-ethyl adjacent to an activating group) is 1. The molecule has 0 aromatic carbocycles. The fourth-order valence-corrected chi connectivity index (χ4v) is 4.57. The maximum absolute atomic E-state index is 12.8. The van der Waals surface area contributed by atoms with Gasteiger partial charge in [0.15, 0.2) is 0 Å². The number of carbonyl (C=O) groups excluding carboxylic acids is 1. The summed E-state index contributed by atoms with van der Waals surface area (Å²) < 4.78 is 3.67. The molecule has 4 rings (SSSR count). The van der Waals surface area contributed by atoms with Crippen molar-refractivity contribution in [1.82, 2.24) is 29.1 Å². The SMILES string of the molecule is CN(C)C[C@H]1[C@H]2C[C@H](CN(C(=O)CCn3cncn3)C2)c2cccc(=O)n21. The molecular weight excluding hydrogens is 344 g/mol. The van der Waals surface area contributed by atoms with E-state index in [-0.39, 0.29) is 23.4 Å². The Bertz CT molecular complexity index is 859. The zero-order chi connectivity index (χ0) is 19.0. The van der Waals surface area contributed by atoms with Crippen LogP contribution in [0.1, 0.15) is 30.5 Å². The van der Waals surface area contributed by atoms with Crippen molar-refractivity contribution in [3.05, 3.63) is 46.9 Å². The number of aryl methyl sites for hydroxylation is 1. The highest BCUT2D eigenvalue weighted by molar-refractivity contribution is 5.76. The fourth-order valence-electron chi connectivity index (χ4n) is 4.57. The summed E-state index contributed by atoms with van der Waals surface area (Å²) in [7, 11) is 4.06. The number of piperidine rings is 1. The van der Waals surface area contributed by atoms with E-state index in [0.29, 0.717) is 32.0 Å². The number of pyridine rings is 1. The third-order valence-electron chi connectivity index (χ3n) is 5.72. The third-order valence-corrected chi connectivity index (χ3v) is 5.72. The van der Waals surface area contributed by atoms with Crippen molar-refractivity contribution in [2.75, 3.05) is 33.7 Å². The van der Waals surface area contributed by atoms with Crippen LogP contribution in [0.2, 0.25) is 0 Å². The van der Waals surface area contributed by atoms with Crippen LogP contribution in [-0.4, -0.2) is 68.8 Å². The molecule has 1 amide bonds. The molecule has 0 spiro atoms. The summed E-state index contributed by atoms with van der Waals surface area (Å²) in [5.74, 6) is 0.677. The number of amides is 1. The van der Waals surface area contributed by atoms with Gasteiger partial charge in [0.05, 0.1) is 12.6 Å². The second kappa shape index (κ2) is 7.26. The monoisotopic (exact) mass is 370 g/mol. The van der Waals surface area contributed by atoms with Crippen molar-refractivity contribution >= 4 is 5.91 Å². The van der Waals surface area contributed by atoms with Gasteiger partial charge < -0.3 is 14.4 Å². The van der Waals surface area contributed by atoms with Crippen LogP contribution < -0.4 is 5.56 Å². The molecule has 1 fully saturated rings. The van der Waals surface area contributed by atoms with Gasteiger partial charge in [0.1, 0.15) is 12.7 Å². The fraction of sp³-hybridized carbons (Fsp3) is 0.579. The van der Waals surface area contributed by atoms with E-state index in [4.69, 9.17) is 0 Å². The first-order valence-electron chi connectivity index (χ1n) is 9.49. The summed E-state index contributed by atoms with van der Waals surface area (Å²) in [6.07, 6.45) is 4.57. The maximum atomic E-state index is 12.8. The van der Waals surface area contributed by atoms with Gasteiger partial charge in [-0.15, -0.1) is 0 Å². The van der Waals surface area contributed by atoms with Crippen molar-refractivity contribution in [1.29, 1.82) is 0 Å². The van der Waals surface area contributed by atoms with Gasteiger partial charge in [0.25, 0.3) is 5.56 Å². The zero-order valence-electron chi connectivity index (χ0n) is 15.9. The molecule has 27 heavy (non-hydrogen) atoms. The van der Waals surface area contributed by atoms with Crippen LogP contribution in [0.5, 0.6) is 0 Å². The van der Waals surface area contributed by atoms with Crippen LogP contribution in [0.3, 0.4) is 0 Å². The normalized spacial score (nSPS) is 24.1. The van der Waals surface area contributed by atoms with Crippen LogP contribution in [0, 0.1) is 5.92 Å². The number of hydrogen-bond donors (Lipinski definition) is 0. The molecule has 0 radical (unpaired) electrons. The van der Waals surface area contributed by atoms with Crippen LogP contribution in [0.15, 0.2) is 35.6 Å². The average molecular weight is 370 g/mol. The van der Waals surface area contributed by atoms with Crippen molar-refractivity contribution in [3.8, 4) is 0 Å². The van der Waals surface area contributed by atoms with Crippen LogP contribution >= 0.6 is 0 Å². The van der Waals surface area contributed by atoms with E-state index >= 15 is 0 Å². The van der Waals surface area contributed by atoms with Gasteiger partial charge in [-0.05, 0) is 32.5 Å². The number of rotatable bonds is 5. The Hall–Kier alpha value is -2.48. The van der Waals surface area contributed by atoms with Crippen molar-refractivity contribution in [2.45, 2.75) is 31.3 Å². The molecule has 2 aromatic rings. The maximum Gasteiger partial charge on any atom is 0.251 e. The lowest BCUT2D eigenvalue weighted by atomic mass is 9.78. The zero-order valence-corrected chi connectivity index (χ0v) is 15.9. The molecule has 2 bridgehead atoms. The highest BCUT2D eigenvalue weighted by atomic mass is 16.2. The highest BCUT2D eigenvalue weighted by Crippen LogP contribution is 2.41. The van der Waals surface area contributed by atoms with E-state index in [1.807, 2.05) is 35.7 Å². The summed E-state index contributed by atoms with van der Waals surface area (Å²) >= 11 is 0. The number of carbonyl (C=O) groups is 1. The summed E-state index contributed by atoms with van der Waals surface area (Å²) in [6, 6.07) is 5.64. The van der Waals surface area contributed by atoms with E-state index < -0.39 is 0 Å². The Kier molecular flexibility index (Phi) is 4.82. The number of fused-ring (bicyclic) bond motifs is 4. The Morgan fingerprint density at radius 3 is 2.89 bits per heavy atom. The molecule has 4 heterocycles. The second-order valence-electron chi connectivity index (χ2n) is 7.89. The lowest BCUT2D eigenvalue weighted by Crippen LogP contribution is -2.52. The highest BCUT2D eigenvalue weighted by Gasteiger charge is 2.41. The predicted molar refractivity (Wildman–Crippen MR) is 100 cm³/mol. The minimum Gasteiger partial charge on any atom is -0.342 e. The van der Waals surface area contributed by atoms with Gasteiger partial charge in [0, 0.05) is 43.7 Å². The number of aromatic nitrogens is 4. The van der Waals surface area contributed by atoms with Gasteiger partial charge in [-0.1, -0.05) is 6.07 Å². The number of hydrogen-bond acceptors (Lipinski definition) is 5. The van der Waals surface area contributed by atoms with E-state index in [9.17, 15) is 9.59 Å². The molecule has 0 saturated carbocycles. The molecule has 0 N–H and O–H groups in total. The van der Waals surface area contributed by atoms with Gasteiger partial charge >= 0.3 is 0 Å². The van der Waals surface area contributed by atoms with Crippen molar-refractivity contribution in [2.24, 2.45) is 5.92 Å². The molecule has 2 aliphatic heterocycles. The largest absolute Gasteiger partial charge is 0.342 e. The standard InChI is InChI=1S/C19H26N6O2/c1-22(2)11-17-15-8-14(16-4-3-5-19(27)25(16)17)9-23(10-15)18(26)6-7-24-13-20-12-21-24/h3-5,12-15,17H,6-11H2,1-2H3/t14-,15+,17+/m1/s1. The van der Waals surface area contributed by atoms with Gasteiger partial charge in [-0.25, -0.2) is 4.98 Å². The van der Waals surface area contributed by atoms with Crippen LogP contribution in [-0.2, 0) is 11.3 Å². The Labute approximate surface area is 158 Å². The van der Waals surface area contributed by atoms with Crippen molar-refractivity contribution < 1.29 is 4.79 Å². The first-order chi connectivity index (χ1) is 13.0. The minimum atomic E-state index is 0.0695. The molecule has 2 aromatic heterocycles. The Morgan fingerprint density at radius 2 is 2.15 bits per heavy atom. The molecule has 8 nitrogen and oxygen atoms in total. The number of likely N-dealkylation sites (tertiary alicyclic amines) is 1. The topological polar surface area (TPSA) is 76.3 Å². The van der Waals surface area contributed by atoms with E-state index in [0.717, 1.165) is 18.7 Å². The quantitative estimate of drug-likeness (QED) is 0.770. The van der Waals surface area contributed by atoms with Gasteiger partial charge in [-0.2, -0.15) is 5.10 Å². The van der Waals surface area contributed by atoms with Crippen molar-refractivity contribution in [3.63, 3.8) is 0 Å². The number of nitrogens with zero attached hydrogens (tertiary/aromatic N) is 6. The van der Waals surface area contributed by atoms with E-state index in [1.54, 1.807) is 17.1 Å². The summed E-state index contributed by atoms with van der Waals surface area (Å²) in [5, 5.41) is 4.07. The average Bonchev–Trinajstić information content (AvgIpc) is 3.16. The molecule has 144 valence electrons. The Balaban J connectivity index is 1.56. The molecule has 0 aliphatic carbocycles. The second-order valence-corrected chi connectivity index (χ2v) is 7.89. The molecule has 0 unspecified atom stereocenters.